The number of hydrogen-bond donors (Lipinski definition) is 0. The molecular weight excluding hydrogens is 680 g/mol. The molecule has 0 heterocycles. The Bertz CT molecular complexity index is 1160. The van der Waals surface area contributed by atoms with E-state index in [4.69, 9.17) is 37.9 Å². The molecule has 14 heteroatoms. The van der Waals surface area contributed by atoms with Crippen LogP contribution in [0.1, 0.15) is 79.1 Å². The highest BCUT2D eigenvalue weighted by molar-refractivity contribution is 5.88. The van der Waals surface area contributed by atoms with Crippen LogP contribution in [0.25, 0.3) is 0 Å². The van der Waals surface area contributed by atoms with Gasteiger partial charge in [-0.05, 0) is 78.1 Å². The minimum absolute atomic E-state index is 0.00189. The molecule has 0 aromatic carbocycles. The molecule has 0 bridgehead atoms. The van der Waals surface area contributed by atoms with Crippen molar-refractivity contribution in [3.05, 3.63) is 48.6 Å². The van der Waals surface area contributed by atoms with Crippen LogP contribution < -0.4 is 0 Å². The molecule has 52 heavy (non-hydrogen) atoms. The fourth-order valence-electron chi connectivity index (χ4n) is 4.61. The number of ether oxygens (including phenoxy) is 8. The van der Waals surface area contributed by atoms with Crippen LogP contribution in [0.2, 0.25) is 0 Å². The van der Waals surface area contributed by atoms with Gasteiger partial charge in [-0.25, -0.2) is 19.2 Å². The number of carbonyl (C=O) groups excluding carboxylic acids is 6. The highest BCUT2D eigenvalue weighted by atomic mass is 16.6. The molecule has 0 spiro atoms. The molecular formula is C38H56O14. The molecule has 0 aliphatic heterocycles. The lowest BCUT2D eigenvalue weighted by molar-refractivity contribution is -0.162. The summed E-state index contributed by atoms with van der Waals surface area (Å²) in [5.41, 5.74) is 0.953. The van der Waals surface area contributed by atoms with E-state index in [2.05, 4.69) is 26.3 Å². The summed E-state index contributed by atoms with van der Waals surface area (Å²) in [6, 6.07) is 0. The molecule has 14 nitrogen and oxygen atoms in total. The lowest BCUT2D eigenvalue weighted by atomic mass is 9.83. The normalized spacial score (nSPS) is 16.3. The van der Waals surface area contributed by atoms with E-state index >= 15 is 0 Å². The summed E-state index contributed by atoms with van der Waals surface area (Å²) < 4.78 is 43.1. The maximum absolute atomic E-state index is 12.4. The number of carbonyl (C=O) groups is 6. The molecule has 1 rings (SSSR count). The maximum Gasteiger partial charge on any atom is 0.333 e. The van der Waals surface area contributed by atoms with Crippen LogP contribution in [-0.4, -0.2) is 101 Å². The Hall–Kier alpha value is -4.30. The van der Waals surface area contributed by atoms with E-state index in [9.17, 15) is 28.8 Å². The Morgan fingerprint density at radius 1 is 0.500 bits per heavy atom. The van der Waals surface area contributed by atoms with Gasteiger partial charge in [0.1, 0.15) is 13.2 Å². The summed E-state index contributed by atoms with van der Waals surface area (Å²) in [7, 11) is 0. The monoisotopic (exact) mass is 736 g/mol. The molecule has 1 aliphatic rings. The van der Waals surface area contributed by atoms with Crippen LogP contribution in [0.5, 0.6) is 0 Å². The third-order valence-corrected chi connectivity index (χ3v) is 7.59. The fourth-order valence-corrected chi connectivity index (χ4v) is 4.61. The zero-order valence-corrected chi connectivity index (χ0v) is 31.2. The summed E-state index contributed by atoms with van der Waals surface area (Å²) >= 11 is 0. The zero-order chi connectivity index (χ0) is 39.1. The minimum Gasteiger partial charge on any atom is -0.462 e. The average molecular weight is 737 g/mol. The SMILES string of the molecule is C=C(C)C(=O)OCCCC(=O)OC(COCC1CCC(COCC(COC(=O)C(=C)C)OC(=O)CCCOC(=O)C(=C)C)CC1)COC(=O)C(=C)C. The van der Waals surface area contributed by atoms with Gasteiger partial charge < -0.3 is 37.9 Å². The first kappa shape index (κ1) is 45.7. The third kappa shape index (κ3) is 21.2. The van der Waals surface area contributed by atoms with Crippen LogP contribution in [0.4, 0.5) is 0 Å². The lowest BCUT2D eigenvalue weighted by Gasteiger charge is -2.29. The Morgan fingerprint density at radius 2 is 0.808 bits per heavy atom. The van der Waals surface area contributed by atoms with Crippen molar-refractivity contribution in [3.63, 3.8) is 0 Å². The Balaban J connectivity index is 2.50. The molecule has 0 saturated heterocycles. The first-order valence-corrected chi connectivity index (χ1v) is 17.4. The van der Waals surface area contributed by atoms with Crippen LogP contribution in [-0.2, 0) is 66.7 Å². The van der Waals surface area contributed by atoms with Crippen molar-refractivity contribution in [2.45, 2.75) is 91.3 Å². The predicted molar refractivity (Wildman–Crippen MR) is 188 cm³/mol. The van der Waals surface area contributed by atoms with Gasteiger partial charge in [-0.3, -0.25) is 9.59 Å². The molecule has 2 atom stereocenters. The fraction of sp³-hybridized carbons (Fsp3) is 0.632. The molecule has 1 aliphatic carbocycles. The summed E-state index contributed by atoms with van der Waals surface area (Å²) in [4.78, 5) is 71.6. The number of rotatable bonds is 26. The van der Waals surface area contributed by atoms with Crippen molar-refractivity contribution < 1.29 is 66.7 Å². The Kier molecular flexibility index (Phi) is 22.5. The molecule has 0 aromatic heterocycles. The molecule has 1 fully saturated rings. The van der Waals surface area contributed by atoms with Gasteiger partial charge in [-0.2, -0.15) is 0 Å². The van der Waals surface area contributed by atoms with Crippen LogP contribution >= 0.6 is 0 Å². The summed E-state index contributed by atoms with van der Waals surface area (Å²) in [5.74, 6) is -2.84. The maximum atomic E-state index is 12.4. The molecule has 0 aromatic rings. The first-order valence-electron chi connectivity index (χ1n) is 17.4. The van der Waals surface area contributed by atoms with Crippen LogP contribution in [0.15, 0.2) is 48.6 Å². The highest BCUT2D eigenvalue weighted by Gasteiger charge is 2.25. The number of hydrogen-bond acceptors (Lipinski definition) is 14. The van der Waals surface area contributed by atoms with Gasteiger partial charge in [-0.15, -0.1) is 0 Å². The highest BCUT2D eigenvalue weighted by Crippen LogP contribution is 2.29. The standard InChI is InChI=1S/C38H56O14/c1-25(2)35(41)47-17-9-11-33(39)51-31(23-49-37(43)27(5)6)21-45-19-29-13-15-30(16-14-29)20-46-22-32(24-50-38(44)28(7)8)52-34(40)12-10-18-48-36(42)26(3)4/h29-32H,1,3,5,7,9-24H2,2,4,6,8H3. The van der Waals surface area contributed by atoms with Gasteiger partial charge in [0.2, 0.25) is 0 Å². The molecule has 2 unspecified atom stereocenters. The number of esters is 6. The van der Waals surface area contributed by atoms with E-state index in [0.717, 1.165) is 25.7 Å². The molecule has 1 saturated carbocycles. The van der Waals surface area contributed by atoms with Crippen molar-refractivity contribution in [3.8, 4) is 0 Å². The van der Waals surface area contributed by atoms with Crippen LogP contribution in [0, 0.1) is 11.8 Å². The van der Waals surface area contributed by atoms with Gasteiger partial charge in [0, 0.05) is 48.3 Å². The van der Waals surface area contributed by atoms with Crippen molar-refractivity contribution in [2.75, 3.05) is 52.9 Å². The van der Waals surface area contributed by atoms with Gasteiger partial charge in [-0.1, -0.05) is 26.3 Å². The lowest BCUT2D eigenvalue weighted by Crippen LogP contribution is -2.32. The van der Waals surface area contributed by atoms with Crippen molar-refractivity contribution in [1.82, 2.24) is 0 Å². The van der Waals surface area contributed by atoms with Gasteiger partial charge in [0.05, 0.1) is 26.4 Å². The van der Waals surface area contributed by atoms with E-state index in [1.807, 2.05) is 0 Å². The summed E-state index contributed by atoms with van der Waals surface area (Å²) in [6.45, 7) is 20.8. The molecule has 0 amide bonds. The second kappa shape index (κ2) is 25.6. The van der Waals surface area contributed by atoms with E-state index < -0.39 is 48.0 Å². The Labute approximate surface area is 306 Å². The smallest absolute Gasteiger partial charge is 0.333 e. The van der Waals surface area contributed by atoms with E-state index in [1.165, 1.54) is 27.7 Å². The largest absolute Gasteiger partial charge is 0.462 e. The van der Waals surface area contributed by atoms with Gasteiger partial charge >= 0.3 is 35.8 Å². The molecule has 0 N–H and O–H groups in total. The van der Waals surface area contributed by atoms with Crippen LogP contribution in [0.3, 0.4) is 0 Å². The summed E-state index contributed by atoms with van der Waals surface area (Å²) in [6.07, 6.45) is 2.35. The second-order valence-electron chi connectivity index (χ2n) is 13.0. The van der Waals surface area contributed by atoms with Crippen molar-refractivity contribution in [2.24, 2.45) is 11.8 Å². The zero-order valence-electron chi connectivity index (χ0n) is 31.2. The van der Waals surface area contributed by atoms with E-state index in [0.29, 0.717) is 13.2 Å². The topological polar surface area (TPSA) is 176 Å². The van der Waals surface area contributed by atoms with E-state index in [-0.39, 0.29) is 99.5 Å². The van der Waals surface area contributed by atoms with E-state index in [1.54, 1.807) is 0 Å². The van der Waals surface area contributed by atoms with Crippen molar-refractivity contribution >= 4 is 35.8 Å². The van der Waals surface area contributed by atoms with Gasteiger partial charge in [0.15, 0.2) is 12.2 Å². The predicted octanol–water partition coefficient (Wildman–Crippen LogP) is 4.69. The second-order valence-corrected chi connectivity index (χ2v) is 13.0. The molecule has 292 valence electrons. The quantitative estimate of drug-likeness (QED) is 0.0517. The first-order chi connectivity index (χ1) is 24.6. The molecule has 0 radical (unpaired) electrons. The third-order valence-electron chi connectivity index (χ3n) is 7.59. The van der Waals surface area contributed by atoms with Gasteiger partial charge in [0.25, 0.3) is 0 Å². The Morgan fingerprint density at radius 3 is 1.12 bits per heavy atom. The summed E-state index contributed by atoms with van der Waals surface area (Å²) in [5, 5.41) is 0. The van der Waals surface area contributed by atoms with Crippen molar-refractivity contribution in [1.29, 1.82) is 0 Å². The average Bonchev–Trinajstić information content (AvgIpc) is 3.09. The minimum atomic E-state index is -0.825.